The number of hydrogen-bond acceptors (Lipinski definition) is 6. The van der Waals surface area contributed by atoms with E-state index in [2.05, 4.69) is 42.9 Å². The van der Waals surface area contributed by atoms with Crippen LogP contribution in [0.5, 0.6) is 0 Å². The van der Waals surface area contributed by atoms with E-state index in [9.17, 15) is 4.79 Å². The van der Waals surface area contributed by atoms with Gasteiger partial charge in [-0.15, -0.1) is 16.8 Å². The van der Waals surface area contributed by atoms with Gasteiger partial charge in [-0.05, 0) is 34.1 Å². The summed E-state index contributed by atoms with van der Waals surface area (Å²) in [5.41, 5.74) is 0.652. The van der Waals surface area contributed by atoms with Gasteiger partial charge in [-0.3, -0.25) is 9.69 Å². The van der Waals surface area contributed by atoms with Gasteiger partial charge in [0.15, 0.2) is 5.16 Å². The van der Waals surface area contributed by atoms with E-state index in [0.29, 0.717) is 29.0 Å². The van der Waals surface area contributed by atoms with Gasteiger partial charge in [0, 0.05) is 29.8 Å². The summed E-state index contributed by atoms with van der Waals surface area (Å²) in [6.45, 7) is 8.34. The molecular weight excluding hydrogens is 466 g/mol. The second-order valence-electron chi connectivity index (χ2n) is 6.15. The number of carbonyl (C=O) groups excluding carboxylic acids is 1. The number of allylic oxidation sites excluding steroid dienone is 1. The lowest BCUT2D eigenvalue weighted by atomic mass is 10.3. The van der Waals surface area contributed by atoms with Crippen molar-refractivity contribution in [2.75, 3.05) is 37.4 Å². The lowest BCUT2D eigenvalue weighted by molar-refractivity contribution is -0.113. The first-order valence-corrected chi connectivity index (χ1v) is 10.9. The van der Waals surface area contributed by atoms with Crippen molar-refractivity contribution in [1.82, 2.24) is 19.7 Å². The van der Waals surface area contributed by atoms with Crippen LogP contribution in [0.25, 0.3) is 0 Å². The molecule has 3 rings (SSSR count). The van der Waals surface area contributed by atoms with Crippen molar-refractivity contribution in [1.29, 1.82) is 0 Å². The molecule has 0 spiro atoms. The molecule has 1 aliphatic rings. The van der Waals surface area contributed by atoms with Crippen LogP contribution in [0.2, 0.25) is 5.02 Å². The van der Waals surface area contributed by atoms with Gasteiger partial charge < -0.3 is 14.6 Å². The number of aromatic nitrogens is 3. The molecule has 0 atom stereocenters. The zero-order chi connectivity index (χ0) is 19.9. The normalized spacial score (nSPS) is 14.8. The van der Waals surface area contributed by atoms with E-state index in [1.54, 1.807) is 24.3 Å². The summed E-state index contributed by atoms with van der Waals surface area (Å²) in [7, 11) is 0. The number of hydrogen-bond donors (Lipinski definition) is 1. The van der Waals surface area contributed by atoms with Crippen molar-refractivity contribution in [2.24, 2.45) is 0 Å². The molecule has 1 N–H and O–H groups in total. The average molecular weight is 487 g/mol. The number of rotatable bonds is 8. The smallest absolute Gasteiger partial charge is 0.234 e. The molecule has 1 aromatic carbocycles. The summed E-state index contributed by atoms with van der Waals surface area (Å²) >= 11 is 10.7. The summed E-state index contributed by atoms with van der Waals surface area (Å²) in [5, 5.41) is 12.7. The Morgan fingerprint density at radius 3 is 2.89 bits per heavy atom. The molecule has 10 heteroatoms. The number of ether oxygens (including phenoxy) is 1. The largest absolute Gasteiger partial charge is 0.379 e. The van der Waals surface area contributed by atoms with Crippen LogP contribution in [0.1, 0.15) is 5.82 Å². The minimum Gasteiger partial charge on any atom is -0.379 e. The monoisotopic (exact) mass is 485 g/mol. The van der Waals surface area contributed by atoms with Crippen molar-refractivity contribution in [3.05, 3.63) is 46.2 Å². The Labute approximate surface area is 181 Å². The van der Waals surface area contributed by atoms with Gasteiger partial charge in [0.2, 0.25) is 5.91 Å². The van der Waals surface area contributed by atoms with Crippen LogP contribution in [0, 0.1) is 0 Å². The Bertz CT molecular complexity index is 841. The maximum Gasteiger partial charge on any atom is 0.234 e. The van der Waals surface area contributed by atoms with Gasteiger partial charge in [0.1, 0.15) is 5.82 Å². The molecule has 0 unspecified atom stereocenters. The number of amides is 1. The van der Waals surface area contributed by atoms with E-state index >= 15 is 0 Å². The van der Waals surface area contributed by atoms with Gasteiger partial charge in [0.25, 0.3) is 0 Å². The molecule has 0 saturated carbocycles. The van der Waals surface area contributed by atoms with Crippen molar-refractivity contribution in [2.45, 2.75) is 18.2 Å². The molecule has 1 fully saturated rings. The Morgan fingerprint density at radius 2 is 2.18 bits per heavy atom. The van der Waals surface area contributed by atoms with Crippen LogP contribution >= 0.6 is 39.3 Å². The van der Waals surface area contributed by atoms with E-state index in [0.717, 1.165) is 36.6 Å². The predicted octanol–water partition coefficient (Wildman–Crippen LogP) is 3.44. The van der Waals surface area contributed by atoms with E-state index in [1.165, 1.54) is 11.8 Å². The van der Waals surface area contributed by atoms with E-state index < -0.39 is 0 Å². The van der Waals surface area contributed by atoms with Crippen molar-refractivity contribution >= 4 is 50.9 Å². The predicted molar refractivity (Wildman–Crippen MR) is 115 cm³/mol. The van der Waals surface area contributed by atoms with Crippen LogP contribution in [-0.4, -0.2) is 57.6 Å². The fraction of sp³-hybridized carbons (Fsp3) is 0.389. The van der Waals surface area contributed by atoms with E-state index in [-0.39, 0.29) is 11.7 Å². The van der Waals surface area contributed by atoms with E-state index in [4.69, 9.17) is 16.3 Å². The van der Waals surface area contributed by atoms with Crippen LogP contribution in [0.4, 0.5) is 5.69 Å². The first-order valence-electron chi connectivity index (χ1n) is 8.77. The first kappa shape index (κ1) is 21.3. The Morgan fingerprint density at radius 1 is 1.39 bits per heavy atom. The zero-order valence-corrected chi connectivity index (χ0v) is 18.4. The van der Waals surface area contributed by atoms with Crippen LogP contribution < -0.4 is 5.32 Å². The van der Waals surface area contributed by atoms with Crippen LogP contribution in [-0.2, 0) is 22.6 Å². The quantitative estimate of drug-likeness (QED) is 0.455. The highest BCUT2D eigenvalue weighted by atomic mass is 79.9. The molecule has 150 valence electrons. The van der Waals surface area contributed by atoms with Crippen molar-refractivity contribution in [3.63, 3.8) is 0 Å². The number of carbonyl (C=O) groups is 1. The molecular formula is C18H21BrClN5O2S. The Kier molecular flexibility index (Phi) is 7.92. The number of anilines is 1. The number of nitrogens with zero attached hydrogens (tertiary/aromatic N) is 4. The van der Waals surface area contributed by atoms with Crippen molar-refractivity contribution in [3.8, 4) is 0 Å². The highest BCUT2D eigenvalue weighted by Crippen LogP contribution is 2.26. The SMILES string of the molecule is C=CCn1c(CN2CCOCC2)nnc1SCC(=O)Nc1ccc(Br)c(Cl)c1. The van der Waals surface area contributed by atoms with Gasteiger partial charge in [-0.25, -0.2) is 0 Å². The third-order valence-corrected chi connectivity index (χ3v) is 6.31. The lowest BCUT2D eigenvalue weighted by Crippen LogP contribution is -2.36. The molecule has 0 radical (unpaired) electrons. The fourth-order valence-electron chi connectivity index (χ4n) is 2.72. The Hall–Kier alpha value is -1.39. The molecule has 2 heterocycles. The van der Waals surface area contributed by atoms with Gasteiger partial charge >= 0.3 is 0 Å². The second-order valence-corrected chi connectivity index (χ2v) is 8.36. The zero-order valence-electron chi connectivity index (χ0n) is 15.2. The minimum absolute atomic E-state index is 0.133. The number of halogens is 2. The molecule has 1 amide bonds. The molecule has 7 nitrogen and oxygen atoms in total. The highest BCUT2D eigenvalue weighted by molar-refractivity contribution is 9.10. The molecule has 0 bridgehead atoms. The minimum atomic E-state index is -0.133. The first-order chi connectivity index (χ1) is 13.6. The summed E-state index contributed by atoms with van der Waals surface area (Å²) in [5.74, 6) is 0.955. The third kappa shape index (κ3) is 5.81. The number of benzene rings is 1. The molecule has 28 heavy (non-hydrogen) atoms. The molecule has 1 aromatic heterocycles. The summed E-state index contributed by atoms with van der Waals surface area (Å²) in [4.78, 5) is 14.6. The maximum absolute atomic E-state index is 12.3. The van der Waals surface area contributed by atoms with Gasteiger partial charge in [-0.2, -0.15) is 0 Å². The summed E-state index contributed by atoms with van der Waals surface area (Å²) in [6, 6.07) is 5.29. The average Bonchev–Trinajstić information content (AvgIpc) is 3.06. The number of thioether (sulfide) groups is 1. The van der Waals surface area contributed by atoms with Crippen molar-refractivity contribution < 1.29 is 9.53 Å². The molecule has 1 saturated heterocycles. The van der Waals surface area contributed by atoms with Gasteiger partial charge in [0.05, 0.1) is 30.5 Å². The lowest BCUT2D eigenvalue weighted by Gasteiger charge is -2.26. The molecule has 2 aromatic rings. The fourth-order valence-corrected chi connectivity index (χ4v) is 3.91. The topological polar surface area (TPSA) is 72.3 Å². The summed E-state index contributed by atoms with van der Waals surface area (Å²) in [6.07, 6.45) is 1.81. The van der Waals surface area contributed by atoms with E-state index in [1.807, 2.05) is 4.57 Å². The van der Waals surface area contributed by atoms with Crippen LogP contribution in [0.15, 0.2) is 40.5 Å². The standard InChI is InChI=1S/C18H21BrClN5O2S/c1-2-5-25-16(11-24-6-8-27-9-7-24)22-23-18(25)28-12-17(26)21-13-3-4-14(19)15(20)10-13/h2-4,10H,1,5-9,11-12H2,(H,21,26). The molecule has 1 aliphatic heterocycles. The number of morpholine rings is 1. The highest BCUT2D eigenvalue weighted by Gasteiger charge is 2.18. The summed E-state index contributed by atoms with van der Waals surface area (Å²) < 4.78 is 8.17. The maximum atomic E-state index is 12.3. The molecule has 0 aliphatic carbocycles. The second kappa shape index (κ2) is 10.4. The number of nitrogens with one attached hydrogen (secondary N) is 1. The van der Waals surface area contributed by atoms with Gasteiger partial charge in [-0.1, -0.05) is 29.4 Å². The third-order valence-electron chi connectivity index (χ3n) is 4.11. The Balaban J connectivity index is 1.60. The van der Waals surface area contributed by atoms with Crippen LogP contribution in [0.3, 0.4) is 0 Å².